The summed E-state index contributed by atoms with van der Waals surface area (Å²) in [6.07, 6.45) is -0.233. The number of alkyl halides is 2. The van der Waals surface area contributed by atoms with Crippen LogP contribution in [-0.4, -0.2) is 20.7 Å². The molecule has 1 rings (SSSR count). The van der Waals surface area contributed by atoms with Gasteiger partial charge in [0.05, 0.1) is 12.7 Å². The summed E-state index contributed by atoms with van der Waals surface area (Å²) in [7, 11) is 3.06. The van der Waals surface area contributed by atoms with Crippen molar-refractivity contribution in [1.29, 1.82) is 0 Å². The number of halogens is 2. The maximum atomic E-state index is 13.9. The first-order valence-corrected chi connectivity index (χ1v) is 5.19. The van der Waals surface area contributed by atoms with E-state index in [1.54, 1.807) is 26.1 Å². The second-order valence-electron chi connectivity index (χ2n) is 3.76. The van der Waals surface area contributed by atoms with Gasteiger partial charge in [0, 0.05) is 13.0 Å². The van der Waals surface area contributed by atoms with Crippen molar-refractivity contribution in [2.24, 2.45) is 0 Å². The Morgan fingerprint density at radius 1 is 1.38 bits per heavy atom. The molecule has 0 bridgehead atoms. The average Bonchev–Trinajstić information content (AvgIpc) is 2.26. The van der Waals surface area contributed by atoms with E-state index in [-0.39, 0.29) is 24.3 Å². The van der Waals surface area contributed by atoms with Crippen LogP contribution in [0.3, 0.4) is 0 Å². The van der Waals surface area contributed by atoms with Crippen LogP contribution in [0.15, 0.2) is 18.2 Å². The standard InChI is InChI=1S/C12H17F2NO/c1-9-4-5-11(16-3)10(8-9)12(13,14)6-7-15-2/h4-5,8,15H,6-7H2,1-3H3. The van der Waals surface area contributed by atoms with Gasteiger partial charge in [0.2, 0.25) is 0 Å². The summed E-state index contributed by atoms with van der Waals surface area (Å²) in [5.41, 5.74) is 0.769. The van der Waals surface area contributed by atoms with Crippen LogP contribution in [0.1, 0.15) is 17.5 Å². The molecule has 0 aliphatic rings. The third-order valence-electron chi connectivity index (χ3n) is 2.44. The van der Waals surface area contributed by atoms with Crippen LogP contribution in [0.4, 0.5) is 8.78 Å². The van der Waals surface area contributed by atoms with Crippen molar-refractivity contribution < 1.29 is 13.5 Å². The maximum absolute atomic E-state index is 13.9. The second-order valence-corrected chi connectivity index (χ2v) is 3.76. The minimum absolute atomic E-state index is 0.0368. The fourth-order valence-corrected chi connectivity index (χ4v) is 1.52. The first-order valence-electron chi connectivity index (χ1n) is 5.19. The number of nitrogens with one attached hydrogen (secondary N) is 1. The molecule has 0 radical (unpaired) electrons. The number of ether oxygens (including phenoxy) is 1. The van der Waals surface area contributed by atoms with Crippen molar-refractivity contribution >= 4 is 0 Å². The lowest BCUT2D eigenvalue weighted by Gasteiger charge is -2.19. The van der Waals surface area contributed by atoms with Gasteiger partial charge in [-0.2, -0.15) is 0 Å². The molecule has 0 aliphatic heterocycles. The molecule has 0 fully saturated rings. The maximum Gasteiger partial charge on any atom is 0.278 e. The van der Waals surface area contributed by atoms with E-state index in [2.05, 4.69) is 5.32 Å². The summed E-state index contributed by atoms with van der Waals surface area (Å²) in [5, 5.41) is 2.72. The highest BCUT2D eigenvalue weighted by molar-refractivity contribution is 5.39. The molecular weight excluding hydrogens is 212 g/mol. The summed E-state index contributed by atoms with van der Waals surface area (Å²) in [6.45, 7) is 2.06. The Kier molecular flexibility index (Phi) is 4.24. The number of benzene rings is 1. The van der Waals surface area contributed by atoms with Crippen LogP contribution in [0.2, 0.25) is 0 Å². The van der Waals surface area contributed by atoms with Gasteiger partial charge in [-0.25, -0.2) is 8.78 Å². The van der Waals surface area contributed by atoms with Crippen molar-refractivity contribution in [3.8, 4) is 5.75 Å². The zero-order valence-electron chi connectivity index (χ0n) is 9.81. The Morgan fingerprint density at radius 2 is 2.06 bits per heavy atom. The number of rotatable bonds is 5. The van der Waals surface area contributed by atoms with E-state index in [4.69, 9.17) is 4.74 Å². The van der Waals surface area contributed by atoms with Gasteiger partial charge in [-0.15, -0.1) is 0 Å². The fraction of sp³-hybridized carbons (Fsp3) is 0.500. The predicted octanol–water partition coefficient (Wildman–Crippen LogP) is 2.70. The number of hydrogen-bond acceptors (Lipinski definition) is 2. The average molecular weight is 229 g/mol. The van der Waals surface area contributed by atoms with Crippen molar-refractivity contribution in [1.82, 2.24) is 5.32 Å². The summed E-state index contributed by atoms with van der Waals surface area (Å²) in [6, 6.07) is 4.82. The van der Waals surface area contributed by atoms with Gasteiger partial charge < -0.3 is 10.1 Å². The Labute approximate surface area is 94.6 Å². The van der Waals surface area contributed by atoms with Gasteiger partial charge in [-0.05, 0) is 26.1 Å². The van der Waals surface area contributed by atoms with E-state index in [9.17, 15) is 8.78 Å². The smallest absolute Gasteiger partial charge is 0.278 e. The minimum Gasteiger partial charge on any atom is -0.496 e. The van der Waals surface area contributed by atoms with Gasteiger partial charge >= 0.3 is 0 Å². The number of hydrogen-bond donors (Lipinski definition) is 1. The molecule has 0 heterocycles. The summed E-state index contributed by atoms with van der Waals surface area (Å²) < 4.78 is 32.7. The molecule has 0 amide bonds. The zero-order chi connectivity index (χ0) is 12.2. The minimum atomic E-state index is -2.86. The van der Waals surface area contributed by atoms with Crippen molar-refractivity contribution in [3.05, 3.63) is 29.3 Å². The molecule has 1 aromatic carbocycles. The molecule has 1 aromatic rings. The van der Waals surface area contributed by atoms with Crippen LogP contribution in [0.5, 0.6) is 5.75 Å². The van der Waals surface area contributed by atoms with Gasteiger partial charge in [0.15, 0.2) is 0 Å². The lowest BCUT2D eigenvalue weighted by atomic mass is 10.0. The lowest BCUT2D eigenvalue weighted by Crippen LogP contribution is -2.21. The van der Waals surface area contributed by atoms with E-state index < -0.39 is 5.92 Å². The van der Waals surface area contributed by atoms with Crippen LogP contribution in [0, 0.1) is 6.92 Å². The zero-order valence-corrected chi connectivity index (χ0v) is 9.81. The van der Waals surface area contributed by atoms with Crippen LogP contribution in [-0.2, 0) is 5.92 Å². The highest BCUT2D eigenvalue weighted by Crippen LogP contribution is 2.37. The molecular formula is C12H17F2NO. The van der Waals surface area contributed by atoms with Crippen molar-refractivity contribution in [3.63, 3.8) is 0 Å². The van der Waals surface area contributed by atoms with Gasteiger partial charge in [0.1, 0.15) is 5.75 Å². The van der Waals surface area contributed by atoms with Crippen LogP contribution in [0.25, 0.3) is 0 Å². The molecule has 0 spiro atoms. The van der Waals surface area contributed by atoms with E-state index in [0.29, 0.717) is 0 Å². The van der Waals surface area contributed by atoms with Gasteiger partial charge in [-0.1, -0.05) is 11.6 Å². The van der Waals surface area contributed by atoms with E-state index in [1.165, 1.54) is 13.2 Å². The van der Waals surface area contributed by atoms with Gasteiger partial charge in [-0.3, -0.25) is 0 Å². The number of methoxy groups -OCH3 is 1. The summed E-state index contributed by atoms with van der Waals surface area (Å²) in [5.74, 6) is -2.62. The number of aryl methyl sites for hydroxylation is 1. The third-order valence-corrected chi connectivity index (χ3v) is 2.44. The summed E-state index contributed by atoms with van der Waals surface area (Å²) >= 11 is 0. The predicted molar refractivity (Wildman–Crippen MR) is 60.2 cm³/mol. The van der Waals surface area contributed by atoms with Crippen molar-refractivity contribution in [2.45, 2.75) is 19.3 Å². The molecule has 0 aromatic heterocycles. The van der Waals surface area contributed by atoms with E-state index >= 15 is 0 Å². The Bertz CT molecular complexity index is 353. The quantitative estimate of drug-likeness (QED) is 0.838. The Hall–Kier alpha value is -1.16. The lowest BCUT2D eigenvalue weighted by molar-refractivity contribution is -0.0144. The van der Waals surface area contributed by atoms with Crippen LogP contribution < -0.4 is 10.1 Å². The molecule has 90 valence electrons. The van der Waals surface area contributed by atoms with Crippen molar-refractivity contribution in [2.75, 3.05) is 20.7 Å². The molecule has 0 saturated carbocycles. The second kappa shape index (κ2) is 5.25. The first kappa shape index (κ1) is 12.9. The third kappa shape index (κ3) is 2.92. The first-order chi connectivity index (χ1) is 7.51. The van der Waals surface area contributed by atoms with E-state index in [0.717, 1.165) is 5.56 Å². The summed E-state index contributed by atoms with van der Waals surface area (Å²) in [4.78, 5) is 0. The van der Waals surface area contributed by atoms with Crippen LogP contribution >= 0.6 is 0 Å². The Balaban J connectivity index is 3.04. The molecule has 2 nitrogen and oxygen atoms in total. The highest BCUT2D eigenvalue weighted by atomic mass is 19.3. The topological polar surface area (TPSA) is 21.3 Å². The Morgan fingerprint density at radius 3 is 2.62 bits per heavy atom. The highest BCUT2D eigenvalue weighted by Gasteiger charge is 2.33. The monoisotopic (exact) mass is 229 g/mol. The normalized spacial score (nSPS) is 11.6. The van der Waals surface area contributed by atoms with Gasteiger partial charge in [0.25, 0.3) is 5.92 Å². The molecule has 16 heavy (non-hydrogen) atoms. The molecule has 0 saturated heterocycles. The van der Waals surface area contributed by atoms with E-state index in [1.807, 2.05) is 0 Å². The largest absolute Gasteiger partial charge is 0.496 e. The SMILES string of the molecule is CNCCC(F)(F)c1cc(C)ccc1OC. The fourth-order valence-electron chi connectivity index (χ4n) is 1.52. The molecule has 4 heteroatoms. The molecule has 0 unspecified atom stereocenters. The molecule has 0 aliphatic carbocycles. The molecule has 0 atom stereocenters. The molecule has 1 N–H and O–H groups in total.